The quantitative estimate of drug-likeness (QED) is 0.816. The first-order valence-corrected chi connectivity index (χ1v) is 9.31. The molecule has 1 fully saturated rings. The van der Waals surface area contributed by atoms with E-state index in [1.54, 1.807) is 0 Å². The molecule has 0 radical (unpaired) electrons. The summed E-state index contributed by atoms with van der Waals surface area (Å²) in [5.74, 6) is 0.682. The maximum atomic E-state index is 12.3. The van der Waals surface area contributed by atoms with Gasteiger partial charge in [-0.2, -0.15) is 0 Å². The van der Waals surface area contributed by atoms with Crippen molar-refractivity contribution in [3.05, 3.63) is 70.2 Å². The molecule has 0 atom stereocenters. The van der Waals surface area contributed by atoms with Gasteiger partial charge in [0, 0.05) is 24.1 Å². The molecule has 3 rings (SSSR count). The van der Waals surface area contributed by atoms with Crippen molar-refractivity contribution in [3.63, 3.8) is 0 Å². The van der Waals surface area contributed by atoms with Crippen LogP contribution >= 0.6 is 15.9 Å². The Morgan fingerprint density at radius 3 is 2.46 bits per heavy atom. The number of nitrogens with one attached hydrogen (secondary N) is 1. The highest BCUT2D eigenvalue weighted by molar-refractivity contribution is 9.10. The number of carbonyl (C=O) groups is 1. The zero-order valence-corrected chi connectivity index (χ0v) is 15.3. The summed E-state index contributed by atoms with van der Waals surface area (Å²) in [6, 6.07) is 18.7. The minimum Gasteiger partial charge on any atom is -0.334 e. The fraction of sp³-hybridized carbons (Fsp3) is 0.350. The largest absolute Gasteiger partial charge is 0.334 e. The second-order valence-corrected chi connectivity index (χ2v) is 7.32. The number of carbonyl (C=O) groups excluding carboxylic acids is 1. The Morgan fingerprint density at radius 1 is 1.04 bits per heavy atom. The number of likely N-dealkylation sites (tertiary alicyclic amines) is 1. The predicted octanol–water partition coefficient (Wildman–Crippen LogP) is 4.61. The van der Waals surface area contributed by atoms with Crippen molar-refractivity contribution in [1.82, 2.24) is 10.2 Å². The number of piperidine rings is 1. The van der Waals surface area contributed by atoms with Crippen LogP contribution in [0.1, 0.15) is 24.0 Å². The normalized spacial score (nSPS) is 15.3. The summed E-state index contributed by atoms with van der Waals surface area (Å²) in [5.41, 5.74) is 2.51. The second kappa shape index (κ2) is 8.34. The van der Waals surface area contributed by atoms with Crippen molar-refractivity contribution in [2.24, 2.45) is 5.92 Å². The van der Waals surface area contributed by atoms with Gasteiger partial charge in [-0.05, 0) is 48.4 Å². The zero-order valence-electron chi connectivity index (χ0n) is 13.7. The fourth-order valence-corrected chi connectivity index (χ4v) is 3.67. The Balaban J connectivity index is 1.43. The molecule has 3 nitrogen and oxygen atoms in total. The van der Waals surface area contributed by atoms with E-state index in [1.165, 1.54) is 5.56 Å². The van der Waals surface area contributed by atoms with Crippen molar-refractivity contribution in [3.8, 4) is 0 Å². The van der Waals surface area contributed by atoms with Gasteiger partial charge >= 0.3 is 6.03 Å². The van der Waals surface area contributed by atoms with Crippen molar-refractivity contribution in [2.75, 3.05) is 13.1 Å². The molecule has 24 heavy (non-hydrogen) atoms. The van der Waals surface area contributed by atoms with Crippen LogP contribution in [-0.2, 0) is 13.0 Å². The summed E-state index contributed by atoms with van der Waals surface area (Å²) in [7, 11) is 0. The number of hydrogen-bond donors (Lipinski definition) is 1. The molecule has 1 N–H and O–H groups in total. The van der Waals surface area contributed by atoms with Crippen molar-refractivity contribution >= 4 is 22.0 Å². The topological polar surface area (TPSA) is 32.3 Å². The van der Waals surface area contributed by atoms with E-state index in [9.17, 15) is 4.79 Å². The van der Waals surface area contributed by atoms with Gasteiger partial charge in [0.1, 0.15) is 0 Å². The monoisotopic (exact) mass is 386 g/mol. The van der Waals surface area contributed by atoms with Crippen LogP contribution in [-0.4, -0.2) is 24.0 Å². The molecule has 0 aliphatic carbocycles. The van der Waals surface area contributed by atoms with Gasteiger partial charge in [-0.25, -0.2) is 4.79 Å². The molecule has 0 unspecified atom stereocenters. The third-order valence-electron chi connectivity index (χ3n) is 4.60. The van der Waals surface area contributed by atoms with E-state index in [4.69, 9.17) is 0 Å². The smallest absolute Gasteiger partial charge is 0.317 e. The van der Waals surface area contributed by atoms with Crippen molar-refractivity contribution in [1.29, 1.82) is 0 Å². The number of nitrogens with zero attached hydrogens (tertiary/aromatic N) is 1. The molecule has 0 saturated carbocycles. The summed E-state index contributed by atoms with van der Waals surface area (Å²) >= 11 is 3.46. The molecule has 2 amide bonds. The Kier molecular flexibility index (Phi) is 5.91. The van der Waals surface area contributed by atoms with Crippen molar-refractivity contribution < 1.29 is 4.79 Å². The van der Waals surface area contributed by atoms with Crippen LogP contribution in [0.3, 0.4) is 0 Å². The molecular weight excluding hydrogens is 364 g/mol. The van der Waals surface area contributed by atoms with E-state index in [0.717, 1.165) is 42.4 Å². The lowest BCUT2D eigenvalue weighted by atomic mass is 9.90. The van der Waals surface area contributed by atoms with E-state index in [0.29, 0.717) is 12.5 Å². The van der Waals surface area contributed by atoms with Gasteiger partial charge in [0.15, 0.2) is 0 Å². The van der Waals surface area contributed by atoms with E-state index in [1.807, 2.05) is 29.2 Å². The Bertz CT molecular complexity index is 666. The standard InChI is InChI=1S/C20H23BrN2O/c21-19-8-4-7-18(14-19)15-22-20(24)23-11-9-17(10-12-23)13-16-5-2-1-3-6-16/h1-8,14,17H,9-13,15H2,(H,22,24). The van der Waals surface area contributed by atoms with Crippen LogP contribution in [0.4, 0.5) is 4.79 Å². The molecule has 4 heteroatoms. The number of hydrogen-bond acceptors (Lipinski definition) is 1. The Hall–Kier alpha value is -1.81. The first-order valence-electron chi connectivity index (χ1n) is 8.52. The molecule has 1 aliphatic heterocycles. The van der Waals surface area contributed by atoms with Crippen LogP contribution in [0.25, 0.3) is 0 Å². The molecular formula is C20H23BrN2O. The van der Waals surface area contributed by atoms with Gasteiger partial charge in [-0.15, -0.1) is 0 Å². The van der Waals surface area contributed by atoms with Gasteiger partial charge in [-0.1, -0.05) is 58.4 Å². The molecule has 0 bridgehead atoms. The molecule has 126 valence electrons. The van der Waals surface area contributed by atoms with Gasteiger partial charge in [0.2, 0.25) is 0 Å². The summed E-state index contributed by atoms with van der Waals surface area (Å²) in [4.78, 5) is 14.3. The summed E-state index contributed by atoms with van der Waals surface area (Å²) < 4.78 is 1.04. The number of benzene rings is 2. The second-order valence-electron chi connectivity index (χ2n) is 6.41. The first-order chi connectivity index (χ1) is 11.7. The number of rotatable bonds is 4. The third-order valence-corrected chi connectivity index (χ3v) is 5.09. The third kappa shape index (κ3) is 4.84. The highest BCUT2D eigenvalue weighted by Gasteiger charge is 2.22. The number of amides is 2. The van der Waals surface area contributed by atoms with E-state index >= 15 is 0 Å². The summed E-state index contributed by atoms with van der Waals surface area (Å²) in [5, 5.41) is 3.03. The summed E-state index contributed by atoms with van der Waals surface area (Å²) in [6.07, 6.45) is 3.28. The lowest BCUT2D eigenvalue weighted by Crippen LogP contribution is -2.44. The predicted molar refractivity (Wildman–Crippen MR) is 101 cm³/mol. The van der Waals surface area contributed by atoms with E-state index in [-0.39, 0.29) is 6.03 Å². The van der Waals surface area contributed by atoms with Crippen LogP contribution in [0.2, 0.25) is 0 Å². The van der Waals surface area contributed by atoms with Gasteiger partial charge < -0.3 is 10.2 Å². The average molecular weight is 387 g/mol. The van der Waals surface area contributed by atoms with E-state index < -0.39 is 0 Å². The first kappa shape index (κ1) is 17.0. The zero-order chi connectivity index (χ0) is 16.8. The molecule has 2 aromatic carbocycles. The SMILES string of the molecule is O=C(NCc1cccc(Br)c1)N1CCC(Cc2ccccc2)CC1. The lowest BCUT2D eigenvalue weighted by molar-refractivity contribution is 0.170. The maximum Gasteiger partial charge on any atom is 0.317 e. The molecule has 0 aromatic heterocycles. The Morgan fingerprint density at radius 2 is 1.75 bits per heavy atom. The van der Waals surface area contributed by atoms with Gasteiger partial charge in [0.25, 0.3) is 0 Å². The maximum absolute atomic E-state index is 12.3. The molecule has 0 spiro atoms. The van der Waals surface area contributed by atoms with Crippen LogP contribution in [0.15, 0.2) is 59.1 Å². The van der Waals surface area contributed by atoms with E-state index in [2.05, 4.69) is 51.6 Å². The molecule has 1 aliphatic rings. The molecule has 1 heterocycles. The van der Waals surface area contributed by atoms with Crippen LogP contribution < -0.4 is 5.32 Å². The number of urea groups is 1. The van der Waals surface area contributed by atoms with Crippen LogP contribution in [0.5, 0.6) is 0 Å². The van der Waals surface area contributed by atoms with Gasteiger partial charge in [0.05, 0.1) is 0 Å². The lowest BCUT2D eigenvalue weighted by Gasteiger charge is -2.32. The average Bonchev–Trinajstić information content (AvgIpc) is 2.61. The minimum atomic E-state index is 0.0492. The van der Waals surface area contributed by atoms with Crippen molar-refractivity contribution in [2.45, 2.75) is 25.8 Å². The highest BCUT2D eigenvalue weighted by Crippen LogP contribution is 2.21. The molecule has 2 aromatic rings. The Labute approximate surface area is 152 Å². The summed E-state index contributed by atoms with van der Waals surface area (Å²) in [6.45, 7) is 2.27. The van der Waals surface area contributed by atoms with Crippen LogP contribution in [0, 0.1) is 5.92 Å². The molecule has 1 saturated heterocycles. The minimum absolute atomic E-state index is 0.0492. The highest BCUT2D eigenvalue weighted by atomic mass is 79.9. The van der Waals surface area contributed by atoms with Gasteiger partial charge in [-0.3, -0.25) is 0 Å². The number of halogens is 1. The fourth-order valence-electron chi connectivity index (χ4n) is 3.22.